The molecule has 7 nitrogen and oxygen atoms in total. The third-order valence-electron chi connectivity index (χ3n) is 1.23. The summed E-state index contributed by atoms with van der Waals surface area (Å²) in [5.41, 5.74) is 0. The molecule has 0 aliphatic carbocycles. The lowest BCUT2D eigenvalue weighted by Gasteiger charge is -2.05. The Morgan fingerprint density at radius 2 is 1.12 bits per heavy atom. The van der Waals surface area contributed by atoms with Crippen molar-refractivity contribution in [3.05, 3.63) is 0 Å². The van der Waals surface area contributed by atoms with Crippen LogP contribution >= 0.6 is 0 Å². The Hall–Kier alpha value is -1.79. The third kappa shape index (κ3) is 7.60. The Bertz CT molecular complexity index is 224. The van der Waals surface area contributed by atoms with Crippen LogP contribution in [0, 0.1) is 0 Å². The average Bonchev–Trinajstić information content (AvgIpc) is 2.24. The maximum absolute atomic E-state index is 10.8. The Kier molecular flexibility index (Phi) is 7.56. The van der Waals surface area contributed by atoms with E-state index in [2.05, 4.69) is 18.9 Å². The lowest BCUT2D eigenvalue weighted by atomic mass is 10.7. The minimum absolute atomic E-state index is 0.195. The number of carbonyl (C=O) groups is 3. The molecule has 0 aliphatic rings. The van der Waals surface area contributed by atoms with Crippen LogP contribution in [-0.4, -0.2) is 44.5 Å². The summed E-state index contributed by atoms with van der Waals surface area (Å²) in [5.74, 6) is -1.37. The molecule has 0 N–H and O–H groups in total. The van der Waals surface area contributed by atoms with Gasteiger partial charge in [-0.2, -0.15) is 0 Å². The second-order valence-electron chi connectivity index (χ2n) is 2.44. The van der Waals surface area contributed by atoms with Crippen LogP contribution in [0.25, 0.3) is 0 Å². The SMILES string of the molecule is CCOC(=O)COC(=O)OCC(=O)OCC. The van der Waals surface area contributed by atoms with Crippen molar-refractivity contribution < 1.29 is 33.3 Å². The van der Waals surface area contributed by atoms with Crippen LogP contribution in [0.5, 0.6) is 0 Å². The number of esters is 2. The van der Waals surface area contributed by atoms with E-state index in [0.29, 0.717) is 0 Å². The van der Waals surface area contributed by atoms with Gasteiger partial charge in [0, 0.05) is 0 Å². The highest BCUT2D eigenvalue weighted by molar-refractivity contribution is 5.76. The summed E-state index contributed by atoms with van der Waals surface area (Å²) in [7, 11) is 0. The van der Waals surface area contributed by atoms with Gasteiger partial charge in [0.05, 0.1) is 13.2 Å². The fourth-order valence-corrected chi connectivity index (χ4v) is 0.683. The first kappa shape index (κ1) is 14.2. The van der Waals surface area contributed by atoms with Crippen molar-refractivity contribution in [2.24, 2.45) is 0 Å². The Labute approximate surface area is 92.6 Å². The topological polar surface area (TPSA) is 88.1 Å². The predicted molar refractivity (Wildman–Crippen MR) is 50.6 cm³/mol. The average molecular weight is 234 g/mol. The van der Waals surface area contributed by atoms with Crippen molar-refractivity contribution in [1.82, 2.24) is 0 Å². The van der Waals surface area contributed by atoms with E-state index in [9.17, 15) is 14.4 Å². The molecule has 0 saturated carbocycles. The monoisotopic (exact) mass is 234 g/mol. The number of hydrogen-bond donors (Lipinski definition) is 0. The second-order valence-corrected chi connectivity index (χ2v) is 2.44. The van der Waals surface area contributed by atoms with Crippen LogP contribution in [0.1, 0.15) is 13.8 Å². The largest absolute Gasteiger partial charge is 0.509 e. The highest BCUT2D eigenvalue weighted by Crippen LogP contribution is 1.89. The van der Waals surface area contributed by atoms with E-state index in [0.717, 1.165) is 0 Å². The maximum Gasteiger partial charge on any atom is 0.509 e. The molecule has 16 heavy (non-hydrogen) atoms. The quantitative estimate of drug-likeness (QED) is 0.481. The summed E-state index contributed by atoms with van der Waals surface area (Å²) in [6.45, 7) is 2.54. The standard InChI is InChI=1S/C9H14O7/c1-3-13-7(10)5-15-9(12)16-6-8(11)14-4-2/h3-6H2,1-2H3. The summed E-state index contributed by atoms with van der Waals surface area (Å²) in [6.07, 6.45) is -1.12. The summed E-state index contributed by atoms with van der Waals surface area (Å²) in [4.78, 5) is 32.3. The van der Waals surface area contributed by atoms with Gasteiger partial charge >= 0.3 is 18.1 Å². The minimum atomic E-state index is -1.12. The van der Waals surface area contributed by atoms with Gasteiger partial charge in [-0.25, -0.2) is 14.4 Å². The van der Waals surface area contributed by atoms with E-state index in [1.165, 1.54) is 0 Å². The fraction of sp³-hybridized carbons (Fsp3) is 0.667. The molecule has 92 valence electrons. The normalized spacial score (nSPS) is 9.12. The molecule has 0 heterocycles. The van der Waals surface area contributed by atoms with Gasteiger partial charge in [-0.1, -0.05) is 0 Å². The molecule has 0 atom stereocenters. The predicted octanol–water partition coefficient (Wildman–Crippen LogP) is 0.266. The molecular formula is C9H14O7. The molecule has 7 heteroatoms. The molecule has 0 aromatic rings. The first-order valence-electron chi connectivity index (χ1n) is 4.70. The van der Waals surface area contributed by atoms with Gasteiger partial charge in [0.2, 0.25) is 0 Å². The minimum Gasteiger partial charge on any atom is -0.463 e. The smallest absolute Gasteiger partial charge is 0.463 e. The fourth-order valence-electron chi connectivity index (χ4n) is 0.683. The van der Waals surface area contributed by atoms with E-state index in [-0.39, 0.29) is 13.2 Å². The molecule has 0 bridgehead atoms. The first-order valence-corrected chi connectivity index (χ1v) is 4.70. The van der Waals surface area contributed by atoms with E-state index in [1.807, 2.05) is 0 Å². The zero-order chi connectivity index (χ0) is 12.4. The number of hydrogen-bond acceptors (Lipinski definition) is 7. The van der Waals surface area contributed by atoms with Gasteiger partial charge < -0.3 is 18.9 Å². The van der Waals surface area contributed by atoms with Crippen molar-refractivity contribution >= 4 is 18.1 Å². The molecule has 0 fully saturated rings. The molecule has 0 aromatic heterocycles. The molecule has 0 unspecified atom stereocenters. The highest BCUT2D eigenvalue weighted by atomic mass is 16.7. The third-order valence-corrected chi connectivity index (χ3v) is 1.23. The molecule has 0 aromatic carbocycles. The molecule has 0 rings (SSSR count). The van der Waals surface area contributed by atoms with Crippen LogP contribution in [-0.2, 0) is 28.5 Å². The molecule has 0 radical (unpaired) electrons. The van der Waals surface area contributed by atoms with Crippen molar-refractivity contribution in [2.45, 2.75) is 13.8 Å². The van der Waals surface area contributed by atoms with Gasteiger partial charge in [0.15, 0.2) is 13.2 Å². The number of carbonyl (C=O) groups excluding carboxylic acids is 3. The van der Waals surface area contributed by atoms with Crippen LogP contribution in [0.4, 0.5) is 4.79 Å². The molecule has 0 spiro atoms. The first-order chi connectivity index (χ1) is 7.60. The van der Waals surface area contributed by atoms with Crippen LogP contribution < -0.4 is 0 Å². The summed E-state index contributed by atoms with van der Waals surface area (Å²) in [5, 5.41) is 0. The lowest BCUT2D eigenvalue weighted by Crippen LogP contribution is -2.20. The van der Waals surface area contributed by atoms with Crippen LogP contribution in [0.2, 0.25) is 0 Å². The second kappa shape index (κ2) is 8.51. The van der Waals surface area contributed by atoms with Crippen molar-refractivity contribution in [3.63, 3.8) is 0 Å². The van der Waals surface area contributed by atoms with E-state index >= 15 is 0 Å². The van der Waals surface area contributed by atoms with E-state index in [1.54, 1.807) is 13.8 Å². The van der Waals surface area contributed by atoms with Gasteiger partial charge in [0.25, 0.3) is 0 Å². The van der Waals surface area contributed by atoms with Crippen molar-refractivity contribution in [3.8, 4) is 0 Å². The Morgan fingerprint density at radius 1 is 0.750 bits per heavy atom. The molecular weight excluding hydrogens is 220 g/mol. The Balaban J connectivity index is 3.59. The van der Waals surface area contributed by atoms with Crippen molar-refractivity contribution in [1.29, 1.82) is 0 Å². The maximum atomic E-state index is 10.8. The number of rotatable bonds is 6. The summed E-state index contributed by atoms with van der Waals surface area (Å²) in [6, 6.07) is 0. The summed E-state index contributed by atoms with van der Waals surface area (Å²) >= 11 is 0. The molecule has 0 aliphatic heterocycles. The van der Waals surface area contributed by atoms with Gasteiger partial charge in [-0.15, -0.1) is 0 Å². The zero-order valence-electron chi connectivity index (χ0n) is 9.19. The number of ether oxygens (including phenoxy) is 4. The summed E-state index contributed by atoms with van der Waals surface area (Å²) < 4.78 is 17.7. The van der Waals surface area contributed by atoms with Gasteiger partial charge in [-0.05, 0) is 13.8 Å². The Morgan fingerprint density at radius 3 is 1.44 bits per heavy atom. The highest BCUT2D eigenvalue weighted by Gasteiger charge is 2.11. The van der Waals surface area contributed by atoms with Gasteiger partial charge in [-0.3, -0.25) is 0 Å². The van der Waals surface area contributed by atoms with E-state index in [4.69, 9.17) is 0 Å². The van der Waals surface area contributed by atoms with Gasteiger partial charge in [0.1, 0.15) is 0 Å². The van der Waals surface area contributed by atoms with E-state index < -0.39 is 31.3 Å². The van der Waals surface area contributed by atoms with Crippen LogP contribution in [0.15, 0.2) is 0 Å². The van der Waals surface area contributed by atoms with Crippen molar-refractivity contribution in [2.75, 3.05) is 26.4 Å². The lowest BCUT2D eigenvalue weighted by molar-refractivity contribution is -0.149. The molecule has 0 saturated heterocycles. The molecule has 0 amide bonds. The van der Waals surface area contributed by atoms with Crippen LogP contribution in [0.3, 0.4) is 0 Å². The zero-order valence-corrected chi connectivity index (χ0v) is 9.19.